The van der Waals surface area contributed by atoms with E-state index in [0.717, 1.165) is 6.07 Å². The number of nitro groups is 2. The normalized spacial score (nSPS) is 9.91. The van der Waals surface area contributed by atoms with Crippen LogP contribution in [0.2, 0.25) is 0 Å². The van der Waals surface area contributed by atoms with Crippen molar-refractivity contribution in [2.24, 2.45) is 0 Å². The lowest BCUT2D eigenvalue weighted by Gasteiger charge is -2.12. The Balaban J connectivity index is 2.19. The van der Waals surface area contributed by atoms with Crippen LogP contribution in [-0.2, 0) is 6.54 Å². The summed E-state index contributed by atoms with van der Waals surface area (Å²) in [6.45, 7) is -0.326. The van der Waals surface area contributed by atoms with Crippen LogP contribution in [-0.4, -0.2) is 21.1 Å². The maximum Gasteiger partial charge on any atom is 0.474 e. The van der Waals surface area contributed by atoms with Crippen molar-refractivity contribution in [2.45, 2.75) is 6.54 Å². The number of carbonyl (C=O) groups is 1. The topological polar surface area (TPSA) is 116 Å². The van der Waals surface area contributed by atoms with Gasteiger partial charge in [-0.15, -0.1) is 0 Å². The van der Waals surface area contributed by atoms with Crippen molar-refractivity contribution < 1.29 is 19.5 Å². The molecule has 23 heavy (non-hydrogen) atoms. The lowest BCUT2D eigenvalue weighted by Crippen LogP contribution is -2.37. The Labute approximate surface area is 130 Å². The monoisotopic (exact) mass is 317 g/mol. The molecule has 0 atom stereocenters. The van der Waals surface area contributed by atoms with Gasteiger partial charge in [0.05, 0.1) is 4.92 Å². The van der Waals surface area contributed by atoms with E-state index in [9.17, 15) is 25.0 Å². The zero-order valence-corrected chi connectivity index (χ0v) is 11.7. The highest BCUT2D eigenvalue weighted by atomic mass is 16.7. The summed E-state index contributed by atoms with van der Waals surface area (Å²) in [4.78, 5) is 33.1. The van der Waals surface area contributed by atoms with Crippen molar-refractivity contribution >= 4 is 11.8 Å². The summed E-state index contributed by atoms with van der Waals surface area (Å²) in [5.74, 6) is -0.359. The van der Waals surface area contributed by atoms with Crippen LogP contribution in [0.5, 0.6) is 5.75 Å². The van der Waals surface area contributed by atoms with E-state index in [1.54, 1.807) is 30.3 Å². The van der Waals surface area contributed by atoms with E-state index in [0.29, 0.717) is 5.56 Å². The number of nitrogens with zero attached hydrogens (tertiary/aromatic N) is 3. The second-order valence-electron chi connectivity index (χ2n) is 4.37. The molecule has 9 heteroatoms. The first-order valence-corrected chi connectivity index (χ1v) is 6.40. The fourth-order valence-electron chi connectivity index (χ4n) is 1.79. The third-order valence-electron chi connectivity index (χ3n) is 2.84. The number of ether oxygens (including phenoxy) is 1. The van der Waals surface area contributed by atoms with E-state index < -0.39 is 21.7 Å². The second-order valence-corrected chi connectivity index (χ2v) is 4.37. The van der Waals surface area contributed by atoms with E-state index >= 15 is 0 Å². The molecule has 0 N–H and O–H groups in total. The summed E-state index contributed by atoms with van der Waals surface area (Å²) in [6, 6.07) is 13.4. The summed E-state index contributed by atoms with van der Waals surface area (Å²) in [6.07, 6.45) is -1.31. The Morgan fingerprint density at radius 3 is 2.22 bits per heavy atom. The SMILES string of the molecule is O=C(Oc1ccccc1[N+](=O)[O-])N(Cc1ccccc1)[N+](=O)[O-]. The van der Waals surface area contributed by atoms with Gasteiger partial charge in [-0.2, -0.15) is 0 Å². The maximum absolute atomic E-state index is 12.0. The smallest absolute Gasteiger partial charge is 0.399 e. The Morgan fingerprint density at radius 1 is 1.00 bits per heavy atom. The van der Waals surface area contributed by atoms with Crippen LogP contribution in [0.4, 0.5) is 10.5 Å². The molecule has 0 aliphatic rings. The molecule has 2 aromatic carbocycles. The first-order valence-electron chi connectivity index (χ1n) is 6.40. The Morgan fingerprint density at radius 2 is 1.61 bits per heavy atom. The fourth-order valence-corrected chi connectivity index (χ4v) is 1.79. The van der Waals surface area contributed by atoms with Gasteiger partial charge >= 0.3 is 11.8 Å². The van der Waals surface area contributed by atoms with Gasteiger partial charge in [-0.1, -0.05) is 42.5 Å². The van der Waals surface area contributed by atoms with Gasteiger partial charge in [-0.05, 0) is 16.6 Å². The minimum absolute atomic E-state index is 0.242. The van der Waals surface area contributed by atoms with E-state index in [4.69, 9.17) is 4.74 Å². The highest BCUT2D eigenvalue weighted by Crippen LogP contribution is 2.26. The number of hydrogen-bond donors (Lipinski definition) is 0. The van der Waals surface area contributed by atoms with Gasteiger partial charge in [0.1, 0.15) is 6.54 Å². The van der Waals surface area contributed by atoms with Gasteiger partial charge in [-0.25, -0.2) is 14.9 Å². The molecule has 0 radical (unpaired) electrons. The van der Waals surface area contributed by atoms with Crippen LogP contribution in [0.1, 0.15) is 5.56 Å². The van der Waals surface area contributed by atoms with Gasteiger partial charge < -0.3 is 4.74 Å². The molecule has 2 rings (SSSR count). The fraction of sp³-hybridized carbons (Fsp3) is 0.0714. The molecule has 9 nitrogen and oxygen atoms in total. The molecule has 0 heterocycles. The summed E-state index contributed by atoms with van der Waals surface area (Å²) < 4.78 is 4.81. The lowest BCUT2D eigenvalue weighted by atomic mass is 10.2. The maximum atomic E-state index is 12.0. The summed E-state index contributed by atoms with van der Waals surface area (Å²) in [5.41, 5.74) is 0.0626. The third-order valence-corrected chi connectivity index (χ3v) is 2.84. The van der Waals surface area contributed by atoms with Crippen molar-refractivity contribution in [1.82, 2.24) is 5.01 Å². The predicted octanol–water partition coefficient (Wildman–Crippen LogP) is 2.79. The average molecular weight is 317 g/mol. The minimum atomic E-state index is -1.31. The van der Waals surface area contributed by atoms with Gasteiger partial charge in [0.2, 0.25) is 5.75 Å². The number of carbonyl (C=O) groups excluding carboxylic acids is 1. The van der Waals surface area contributed by atoms with Crippen molar-refractivity contribution in [2.75, 3.05) is 0 Å². The van der Waals surface area contributed by atoms with Crippen molar-refractivity contribution in [3.05, 3.63) is 80.4 Å². The zero-order valence-electron chi connectivity index (χ0n) is 11.7. The van der Waals surface area contributed by atoms with Gasteiger partial charge in [-0.3, -0.25) is 10.1 Å². The molecule has 0 aliphatic heterocycles. The summed E-state index contributed by atoms with van der Waals surface area (Å²) in [5, 5.41) is 21.2. The van der Waals surface area contributed by atoms with Gasteiger partial charge in [0.15, 0.2) is 5.03 Å². The highest BCUT2D eigenvalue weighted by molar-refractivity contribution is 5.71. The number of hydrazine groups is 1. The predicted molar refractivity (Wildman–Crippen MR) is 78.1 cm³/mol. The first-order chi connectivity index (χ1) is 11.0. The van der Waals surface area contributed by atoms with Crippen LogP contribution in [0.15, 0.2) is 54.6 Å². The van der Waals surface area contributed by atoms with Crippen LogP contribution in [0.25, 0.3) is 0 Å². The molecular weight excluding hydrogens is 306 g/mol. The van der Waals surface area contributed by atoms with Crippen LogP contribution in [0, 0.1) is 20.2 Å². The summed E-state index contributed by atoms with van der Waals surface area (Å²) >= 11 is 0. The molecule has 0 bridgehead atoms. The van der Waals surface area contributed by atoms with E-state index in [-0.39, 0.29) is 17.3 Å². The number of nitro benzene ring substituents is 1. The van der Waals surface area contributed by atoms with Crippen molar-refractivity contribution in [3.8, 4) is 5.75 Å². The first kappa shape index (κ1) is 15.9. The molecule has 2 aromatic rings. The molecule has 0 saturated carbocycles. The van der Waals surface area contributed by atoms with E-state index in [2.05, 4.69) is 0 Å². The van der Waals surface area contributed by atoms with Gasteiger partial charge in [0, 0.05) is 6.07 Å². The number of benzene rings is 2. The van der Waals surface area contributed by atoms with Crippen LogP contribution >= 0.6 is 0 Å². The van der Waals surface area contributed by atoms with Crippen molar-refractivity contribution in [1.29, 1.82) is 0 Å². The quantitative estimate of drug-likeness (QED) is 0.618. The van der Waals surface area contributed by atoms with Crippen LogP contribution < -0.4 is 4.74 Å². The van der Waals surface area contributed by atoms with Crippen molar-refractivity contribution in [3.63, 3.8) is 0 Å². The molecule has 0 spiro atoms. The molecule has 118 valence electrons. The summed E-state index contributed by atoms with van der Waals surface area (Å²) in [7, 11) is 0. The Bertz CT molecular complexity index is 734. The molecular formula is C14H11N3O6. The Kier molecular flexibility index (Phi) is 4.82. The molecule has 0 fully saturated rings. The number of rotatable bonds is 5. The number of para-hydroxylation sites is 2. The molecule has 0 unspecified atom stereocenters. The van der Waals surface area contributed by atoms with Crippen LogP contribution in [0.3, 0.4) is 0 Å². The number of amides is 1. The second kappa shape index (κ2) is 6.98. The third kappa shape index (κ3) is 4.00. The average Bonchev–Trinajstić information content (AvgIpc) is 2.53. The van der Waals surface area contributed by atoms with Gasteiger partial charge in [0.25, 0.3) is 0 Å². The molecule has 0 aromatic heterocycles. The highest BCUT2D eigenvalue weighted by Gasteiger charge is 2.29. The standard InChI is InChI=1S/C14H11N3O6/c18-14(23-13-9-5-4-8-12(13)16(19)20)15(17(21)22)10-11-6-2-1-3-7-11/h1-9H,10H2. The number of hydrogen-bond acceptors (Lipinski definition) is 6. The lowest BCUT2D eigenvalue weighted by molar-refractivity contribution is -0.638. The zero-order chi connectivity index (χ0) is 16.8. The largest absolute Gasteiger partial charge is 0.474 e. The minimum Gasteiger partial charge on any atom is -0.399 e. The molecule has 0 aliphatic carbocycles. The Hall–Kier alpha value is -3.49. The molecule has 1 amide bonds. The van der Waals surface area contributed by atoms with E-state index in [1.807, 2.05) is 0 Å². The molecule has 0 saturated heterocycles. The van der Waals surface area contributed by atoms with E-state index in [1.165, 1.54) is 18.2 Å².